The van der Waals surface area contributed by atoms with Crippen LogP contribution in [0.2, 0.25) is 5.02 Å². The van der Waals surface area contributed by atoms with E-state index < -0.39 is 29.3 Å². The highest BCUT2D eigenvalue weighted by Crippen LogP contribution is 2.37. The van der Waals surface area contributed by atoms with Crippen LogP contribution >= 0.6 is 11.6 Å². The zero-order valence-electron chi connectivity index (χ0n) is 14.7. The van der Waals surface area contributed by atoms with Gasteiger partial charge in [-0.25, -0.2) is 0 Å². The highest BCUT2D eigenvalue weighted by atomic mass is 35.5. The lowest BCUT2D eigenvalue weighted by atomic mass is 10.1. The molecule has 1 aliphatic rings. The number of carbonyl (C=O) groups is 2. The second-order valence-electron chi connectivity index (χ2n) is 6.28. The molecule has 3 rings (SSSR count). The van der Waals surface area contributed by atoms with Gasteiger partial charge < -0.3 is 15.0 Å². The van der Waals surface area contributed by atoms with Crippen LogP contribution in [-0.2, 0) is 15.8 Å². The van der Waals surface area contributed by atoms with E-state index in [9.17, 15) is 22.8 Å². The summed E-state index contributed by atoms with van der Waals surface area (Å²) in [4.78, 5) is 26.2. The van der Waals surface area contributed by atoms with E-state index in [1.165, 1.54) is 18.1 Å². The molecule has 148 valence electrons. The van der Waals surface area contributed by atoms with Crippen molar-refractivity contribution in [2.24, 2.45) is 5.92 Å². The third kappa shape index (κ3) is 4.22. The molecule has 1 N–H and O–H groups in total. The van der Waals surface area contributed by atoms with Gasteiger partial charge in [-0.2, -0.15) is 13.2 Å². The average Bonchev–Trinajstić information content (AvgIpc) is 3.04. The van der Waals surface area contributed by atoms with Crippen LogP contribution in [0.15, 0.2) is 42.5 Å². The smallest absolute Gasteiger partial charge is 0.418 e. The summed E-state index contributed by atoms with van der Waals surface area (Å²) in [6.07, 6.45) is -4.76. The minimum atomic E-state index is -4.67. The van der Waals surface area contributed by atoms with Gasteiger partial charge in [-0.15, -0.1) is 0 Å². The fourth-order valence-electron chi connectivity index (χ4n) is 2.99. The maximum Gasteiger partial charge on any atom is 0.418 e. The number of halogens is 4. The summed E-state index contributed by atoms with van der Waals surface area (Å²) in [6, 6.07) is 9.83. The third-order valence-electron chi connectivity index (χ3n) is 4.42. The number of rotatable bonds is 4. The Bertz CT molecular complexity index is 900. The van der Waals surface area contributed by atoms with E-state index in [0.29, 0.717) is 11.4 Å². The normalized spacial score (nSPS) is 17.0. The summed E-state index contributed by atoms with van der Waals surface area (Å²) in [5.41, 5.74) is -0.842. The van der Waals surface area contributed by atoms with Crippen molar-refractivity contribution in [3.63, 3.8) is 0 Å². The number of anilines is 2. The number of carbonyl (C=O) groups excluding carboxylic acids is 2. The number of alkyl halides is 3. The predicted octanol–water partition coefficient (Wildman–Crippen LogP) is 4.36. The largest absolute Gasteiger partial charge is 0.497 e. The van der Waals surface area contributed by atoms with Crippen LogP contribution in [0.5, 0.6) is 5.75 Å². The molecular weight excluding hydrogens is 397 g/mol. The Morgan fingerprint density at radius 1 is 1.21 bits per heavy atom. The van der Waals surface area contributed by atoms with E-state index in [-0.39, 0.29) is 23.9 Å². The van der Waals surface area contributed by atoms with Gasteiger partial charge in [-0.3, -0.25) is 9.59 Å². The number of hydrogen-bond donors (Lipinski definition) is 1. The molecule has 1 aliphatic heterocycles. The van der Waals surface area contributed by atoms with Crippen molar-refractivity contribution < 1.29 is 27.5 Å². The van der Waals surface area contributed by atoms with Crippen LogP contribution in [0.4, 0.5) is 24.5 Å². The molecule has 0 saturated carbocycles. The van der Waals surface area contributed by atoms with Gasteiger partial charge in [-0.1, -0.05) is 11.6 Å². The van der Waals surface area contributed by atoms with Crippen molar-refractivity contribution in [1.82, 2.24) is 0 Å². The van der Waals surface area contributed by atoms with Crippen LogP contribution in [0.25, 0.3) is 0 Å². The van der Waals surface area contributed by atoms with Gasteiger partial charge in [0.15, 0.2) is 0 Å². The first kappa shape index (κ1) is 20.0. The summed E-state index contributed by atoms with van der Waals surface area (Å²) in [6.45, 7) is 0.0753. The number of benzene rings is 2. The van der Waals surface area contributed by atoms with Gasteiger partial charge in [0.05, 0.1) is 24.3 Å². The number of nitrogens with zero attached hydrogens (tertiary/aromatic N) is 1. The fourth-order valence-corrected chi connectivity index (χ4v) is 3.16. The Labute approximate surface area is 164 Å². The van der Waals surface area contributed by atoms with Crippen molar-refractivity contribution in [3.8, 4) is 5.75 Å². The maximum atomic E-state index is 13.2. The molecule has 28 heavy (non-hydrogen) atoms. The minimum absolute atomic E-state index is 0.0753. The summed E-state index contributed by atoms with van der Waals surface area (Å²) in [7, 11) is 1.52. The molecule has 2 aromatic rings. The Kier molecular flexibility index (Phi) is 5.51. The van der Waals surface area contributed by atoms with Gasteiger partial charge in [0.2, 0.25) is 11.8 Å². The van der Waals surface area contributed by atoms with E-state index in [1.807, 2.05) is 0 Å². The zero-order valence-corrected chi connectivity index (χ0v) is 15.5. The summed E-state index contributed by atoms with van der Waals surface area (Å²) in [5.74, 6) is -1.09. The summed E-state index contributed by atoms with van der Waals surface area (Å²) < 4.78 is 44.6. The van der Waals surface area contributed by atoms with Crippen LogP contribution in [0, 0.1) is 5.92 Å². The molecule has 1 atom stereocenters. The van der Waals surface area contributed by atoms with E-state index in [0.717, 1.165) is 12.1 Å². The lowest BCUT2D eigenvalue weighted by molar-refractivity contribution is -0.137. The topological polar surface area (TPSA) is 58.6 Å². The molecule has 1 fully saturated rings. The summed E-state index contributed by atoms with van der Waals surface area (Å²) >= 11 is 5.64. The number of methoxy groups -OCH3 is 1. The van der Waals surface area contributed by atoms with E-state index in [4.69, 9.17) is 16.3 Å². The summed E-state index contributed by atoms with van der Waals surface area (Å²) in [5, 5.41) is 2.19. The van der Waals surface area contributed by atoms with Crippen molar-refractivity contribution in [2.45, 2.75) is 12.6 Å². The quantitative estimate of drug-likeness (QED) is 0.811. The Morgan fingerprint density at radius 2 is 1.89 bits per heavy atom. The monoisotopic (exact) mass is 412 g/mol. The number of nitrogens with one attached hydrogen (secondary N) is 1. The standard InChI is InChI=1S/C19H16ClF3N2O3/c1-28-14-5-3-13(4-6-14)25-10-11(8-17(25)26)18(27)24-16-7-2-12(20)9-15(16)19(21,22)23/h2-7,9,11H,8,10H2,1H3,(H,24,27)/t11-/m0/s1. The molecule has 0 bridgehead atoms. The third-order valence-corrected chi connectivity index (χ3v) is 4.66. The minimum Gasteiger partial charge on any atom is -0.497 e. The van der Waals surface area contributed by atoms with Crippen molar-refractivity contribution >= 4 is 34.8 Å². The van der Waals surface area contributed by atoms with Crippen molar-refractivity contribution in [2.75, 3.05) is 23.9 Å². The van der Waals surface area contributed by atoms with Gasteiger partial charge in [0.1, 0.15) is 5.75 Å². The molecule has 2 amide bonds. The average molecular weight is 413 g/mol. The molecule has 0 aromatic heterocycles. The van der Waals surface area contributed by atoms with Crippen LogP contribution in [0.1, 0.15) is 12.0 Å². The lowest BCUT2D eigenvalue weighted by Gasteiger charge is -2.18. The number of hydrogen-bond acceptors (Lipinski definition) is 3. The second-order valence-corrected chi connectivity index (χ2v) is 6.72. The molecule has 5 nitrogen and oxygen atoms in total. The molecule has 2 aromatic carbocycles. The van der Waals surface area contributed by atoms with Gasteiger partial charge >= 0.3 is 6.18 Å². The van der Waals surface area contributed by atoms with Crippen molar-refractivity contribution in [1.29, 1.82) is 0 Å². The van der Waals surface area contributed by atoms with Crippen molar-refractivity contribution in [3.05, 3.63) is 53.1 Å². The SMILES string of the molecule is COc1ccc(N2C[C@@H](C(=O)Nc3ccc(Cl)cc3C(F)(F)F)CC2=O)cc1. The molecule has 9 heteroatoms. The van der Waals surface area contributed by atoms with Crippen LogP contribution in [-0.4, -0.2) is 25.5 Å². The first-order valence-electron chi connectivity index (χ1n) is 8.31. The number of ether oxygens (including phenoxy) is 1. The van der Waals surface area contributed by atoms with Crippen LogP contribution in [0.3, 0.4) is 0 Å². The van der Waals surface area contributed by atoms with Gasteiger partial charge in [-0.05, 0) is 42.5 Å². The van der Waals surface area contributed by atoms with Gasteiger partial charge in [0, 0.05) is 23.7 Å². The molecule has 0 spiro atoms. The highest BCUT2D eigenvalue weighted by Gasteiger charge is 2.38. The lowest BCUT2D eigenvalue weighted by Crippen LogP contribution is -2.28. The maximum absolute atomic E-state index is 13.2. The second kappa shape index (κ2) is 7.71. The van der Waals surface area contributed by atoms with Crippen LogP contribution < -0.4 is 15.0 Å². The molecule has 0 radical (unpaired) electrons. The number of amides is 2. The highest BCUT2D eigenvalue weighted by molar-refractivity contribution is 6.30. The molecular formula is C19H16ClF3N2O3. The Balaban J connectivity index is 1.75. The predicted molar refractivity (Wildman–Crippen MR) is 98.5 cm³/mol. The Morgan fingerprint density at radius 3 is 2.50 bits per heavy atom. The van der Waals surface area contributed by atoms with E-state index >= 15 is 0 Å². The van der Waals surface area contributed by atoms with E-state index in [1.54, 1.807) is 24.3 Å². The Hall–Kier alpha value is -2.74. The van der Waals surface area contributed by atoms with E-state index in [2.05, 4.69) is 5.32 Å². The first-order chi connectivity index (χ1) is 13.2. The molecule has 1 saturated heterocycles. The zero-order chi connectivity index (χ0) is 20.5. The molecule has 0 unspecified atom stereocenters. The van der Waals surface area contributed by atoms with Gasteiger partial charge in [0.25, 0.3) is 0 Å². The molecule has 0 aliphatic carbocycles. The first-order valence-corrected chi connectivity index (χ1v) is 8.69. The fraction of sp³-hybridized carbons (Fsp3) is 0.263. The molecule has 1 heterocycles.